The Balaban J connectivity index is 1.18. The molecule has 4 nitrogen and oxygen atoms in total. The van der Waals surface area contributed by atoms with Crippen molar-refractivity contribution in [2.75, 3.05) is 4.90 Å². The lowest BCUT2D eigenvalue weighted by molar-refractivity contribution is 1.10. The van der Waals surface area contributed by atoms with Crippen molar-refractivity contribution >= 4 is 49.9 Å². The average Bonchev–Trinajstić information content (AvgIpc) is 3.79. The lowest BCUT2D eigenvalue weighted by Crippen LogP contribution is -2.11. The predicted octanol–water partition coefficient (Wildman–Crippen LogP) is 13.5. The summed E-state index contributed by atoms with van der Waals surface area (Å²) in [5, 5.41) is 2.48. The van der Waals surface area contributed by atoms with E-state index in [2.05, 4.69) is 222 Å². The molecule has 0 aliphatic carbocycles. The number of aryl methyl sites for hydroxylation is 2. The van der Waals surface area contributed by atoms with Crippen LogP contribution < -0.4 is 4.90 Å². The van der Waals surface area contributed by atoms with E-state index in [1.54, 1.807) is 0 Å². The third-order valence-corrected chi connectivity index (χ3v) is 10.6. The molecule has 8 aromatic carbocycles. The van der Waals surface area contributed by atoms with Crippen molar-refractivity contribution in [1.29, 1.82) is 0 Å². The number of nitrogens with zero attached hydrogens (tertiary/aromatic N) is 4. The highest BCUT2D eigenvalue weighted by Gasteiger charge is 2.19. The molecule has 0 fully saturated rings. The van der Waals surface area contributed by atoms with Gasteiger partial charge in [0, 0.05) is 44.8 Å². The van der Waals surface area contributed by atoms with Gasteiger partial charge in [-0.1, -0.05) is 126 Å². The monoisotopic (exact) mass is 706 g/mol. The van der Waals surface area contributed by atoms with Crippen LogP contribution in [0.2, 0.25) is 0 Å². The number of rotatable bonds is 7. The molecular weight excluding hydrogens is 669 g/mol. The first kappa shape index (κ1) is 32.5. The predicted molar refractivity (Wildman–Crippen MR) is 230 cm³/mol. The summed E-state index contributed by atoms with van der Waals surface area (Å²) in [6.07, 6.45) is 0. The van der Waals surface area contributed by atoms with E-state index < -0.39 is 0 Å². The molecule has 0 saturated carbocycles. The van der Waals surface area contributed by atoms with Crippen molar-refractivity contribution in [2.45, 2.75) is 13.8 Å². The highest BCUT2D eigenvalue weighted by Crippen LogP contribution is 2.41. The fourth-order valence-corrected chi connectivity index (χ4v) is 7.93. The van der Waals surface area contributed by atoms with E-state index >= 15 is 0 Å². The summed E-state index contributed by atoms with van der Waals surface area (Å²) in [5.74, 6) is 0.920. The topological polar surface area (TPSA) is 26.0 Å². The SMILES string of the molecule is Cc1ccc(N(c2ccc(C)cc2)c2cc(-c3ccc(-c4nc5ccccc5n4-c4ccccc4)cc3)cc(-n3c4ccccc4c4ccccc43)c2)cc1. The molecule has 0 saturated heterocycles. The van der Waals surface area contributed by atoms with Crippen LogP contribution in [0.1, 0.15) is 11.1 Å². The van der Waals surface area contributed by atoms with Gasteiger partial charge in [0.25, 0.3) is 0 Å². The fourth-order valence-electron chi connectivity index (χ4n) is 7.93. The molecule has 0 aliphatic rings. The van der Waals surface area contributed by atoms with Gasteiger partial charge in [-0.3, -0.25) is 4.57 Å². The molecule has 2 aromatic heterocycles. The van der Waals surface area contributed by atoms with Crippen molar-refractivity contribution in [3.8, 4) is 33.9 Å². The number of imidazole rings is 1. The summed E-state index contributed by atoms with van der Waals surface area (Å²) in [6, 6.07) is 69.8. The van der Waals surface area contributed by atoms with Gasteiger partial charge < -0.3 is 9.47 Å². The molecule has 0 unspecified atom stereocenters. The number of anilines is 3. The molecule has 0 atom stereocenters. The molecule has 0 N–H and O–H groups in total. The van der Waals surface area contributed by atoms with Crippen LogP contribution in [0.3, 0.4) is 0 Å². The molecule has 55 heavy (non-hydrogen) atoms. The Labute approximate surface area is 320 Å². The van der Waals surface area contributed by atoms with Crippen LogP contribution in [0.25, 0.3) is 66.7 Å². The van der Waals surface area contributed by atoms with Crippen molar-refractivity contribution < 1.29 is 0 Å². The second kappa shape index (κ2) is 13.4. The molecular formula is C51H38N4. The van der Waals surface area contributed by atoms with Gasteiger partial charge in [0.05, 0.1) is 22.1 Å². The lowest BCUT2D eigenvalue weighted by atomic mass is 10.0. The normalized spacial score (nSPS) is 11.5. The third-order valence-electron chi connectivity index (χ3n) is 10.6. The zero-order chi connectivity index (χ0) is 36.9. The van der Waals surface area contributed by atoms with Crippen LogP contribution in [0.5, 0.6) is 0 Å². The van der Waals surface area contributed by atoms with Gasteiger partial charge in [-0.05, 0) is 104 Å². The molecule has 0 amide bonds. The molecule has 10 aromatic rings. The zero-order valence-electron chi connectivity index (χ0n) is 30.8. The molecule has 262 valence electrons. The largest absolute Gasteiger partial charge is 0.310 e. The molecule has 4 heteroatoms. The maximum atomic E-state index is 5.14. The van der Waals surface area contributed by atoms with E-state index in [1.165, 1.54) is 32.9 Å². The second-order valence-corrected chi connectivity index (χ2v) is 14.3. The molecule has 0 radical (unpaired) electrons. The maximum absolute atomic E-state index is 5.14. The van der Waals surface area contributed by atoms with E-state index in [0.717, 1.165) is 62.0 Å². The first-order valence-electron chi connectivity index (χ1n) is 18.8. The van der Waals surface area contributed by atoms with E-state index in [-0.39, 0.29) is 0 Å². The van der Waals surface area contributed by atoms with E-state index in [4.69, 9.17) is 4.98 Å². The van der Waals surface area contributed by atoms with Crippen LogP contribution in [0.4, 0.5) is 17.1 Å². The van der Waals surface area contributed by atoms with Gasteiger partial charge >= 0.3 is 0 Å². The highest BCUT2D eigenvalue weighted by molar-refractivity contribution is 6.09. The van der Waals surface area contributed by atoms with Crippen LogP contribution in [-0.4, -0.2) is 14.1 Å². The number of hydrogen-bond acceptors (Lipinski definition) is 2. The summed E-state index contributed by atoms with van der Waals surface area (Å²) in [4.78, 5) is 7.51. The van der Waals surface area contributed by atoms with Crippen LogP contribution in [0, 0.1) is 13.8 Å². The summed E-state index contributed by atoms with van der Waals surface area (Å²) in [5.41, 5.74) is 15.7. The number of fused-ring (bicyclic) bond motifs is 4. The van der Waals surface area contributed by atoms with Crippen molar-refractivity contribution in [3.05, 3.63) is 205 Å². The van der Waals surface area contributed by atoms with Crippen LogP contribution in [-0.2, 0) is 0 Å². The number of hydrogen-bond donors (Lipinski definition) is 0. The Morgan fingerprint density at radius 3 is 1.53 bits per heavy atom. The van der Waals surface area contributed by atoms with Crippen molar-refractivity contribution in [1.82, 2.24) is 14.1 Å². The van der Waals surface area contributed by atoms with Gasteiger partial charge in [0.15, 0.2) is 0 Å². The molecule has 0 aliphatic heterocycles. The molecule has 0 spiro atoms. The second-order valence-electron chi connectivity index (χ2n) is 14.3. The van der Waals surface area contributed by atoms with Gasteiger partial charge in [0.1, 0.15) is 5.82 Å². The highest BCUT2D eigenvalue weighted by atomic mass is 15.1. The summed E-state index contributed by atoms with van der Waals surface area (Å²) in [6.45, 7) is 4.28. The fraction of sp³-hybridized carbons (Fsp3) is 0.0392. The quantitative estimate of drug-likeness (QED) is 0.165. The van der Waals surface area contributed by atoms with E-state index in [9.17, 15) is 0 Å². The molecule has 2 heterocycles. The Morgan fingerprint density at radius 2 is 0.909 bits per heavy atom. The Kier molecular flexibility index (Phi) is 7.88. The van der Waals surface area contributed by atoms with Crippen molar-refractivity contribution in [3.63, 3.8) is 0 Å². The molecule has 0 bridgehead atoms. The number of aromatic nitrogens is 3. The van der Waals surface area contributed by atoms with Gasteiger partial charge in [-0.15, -0.1) is 0 Å². The first-order valence-corrected chi connectivity index (χ1v) is 18.8. The van der Waals surface area contributed by atoms with E-state index in [0.29, 0.717) is 0 Å². The summed E-state index contributed by atoms with van der Waals surface area (Å²) < 4.78 is 4.67. The number of benzene rings is 8. The van der Waals surface area contributed by atoms with E-state index in [1.807, 2.05) is 0 Å². The number of para-hydroxylation sites is 5. The standard InChI is InChI=1S/C51H38N4/c1-35-20-28-41(29-21-35)53(42-30-22-36(2)23-31-42)43-32-39(33-44(34-43)54-48-17-9-6-14-45(48)46-15-7-10-18-49(46)54)37-24-26-38(27-25-37)51-52-47-16-8-11-19-50(47)55(51)40-12-4-3-5-13-40/h3-34H,1-2H3. The smallest absolute Gasteiger partial charge is 0.145 e. The third kappa shape index (κ3) is 5.76. The Hall–Kier alpha value is -7.17. The van der Waals surface area contributed by atoms with Gasteiger partial charge in [-0.25, -0.2) is 4.98 Å². The summed E-state index contributed by atoms with van der Waals surface area (Å²) in [7, 11) is 0. The first-order chi connectivity index (χ1) is 27.1. The Morgan fingerprint density at radius 1 is 0.382 bits per heavy atom. The summed E-state index contributed by atoms with van der Waals surface area (Å²) >= 11 is 0. The van der Waals surface area contributed by atoms with Gasteiger partial charge in [-0.2, -0.15) is 0 Å². The minimum atomic E-state index is 0.920. The lowest BCUT2D eigenvalue weighted by Gasteiger charge is -2.27. The average molecular weight is 707 g/mol. The Bertz CT molecular complexity index is 2870. The van der Waals surface area contributed by atoms with Crippen LogP contribution >= 0.6 is 0 Å². The minimum absolute atomic E-state index is 0.920. The van der Waals surface area contributed by atoms with Gasteiger partial charge in [0.2, 0.25) is 0 Å². The minimum Gasteiger partial charge on any atom is -0.310 e. The van der Waals surface area contributed by atoms with Crippen molar-refractivity contribution in [2.24, 2.45) is 0 Å². The van der Waals surface area contributed by atoms with Crippen LogP contribution in [0.15, 0.2) is 194 Å². The zero-order valence-corrected chi connectivity index (χ0v) is 30.8. The maximum Gasteiger partial charge on any atom is 0.145 e. The molecule has 10 rings (SSSR count).